The Balaban J connectivity index is 2.88. The maximum atomic E-state index is 11.5. The monoisotopic (exact) mass is 171 g/mol. The van der Waals surface area contributed by atoms with Crippen LogP contribution < -0.4 is 0 Å². The lowest BCUT2D eigenvalue weighted by molar-refractivity contribution is -0.0424. The lowest BCUT2D eigenvalue weighted by atomic mass is 10.1. The van der Waals surface area contributed by atoms with Crippen molar-refractivity contribution in [1.82, 2.24) is 14.7 Å². The Morgan fingerprint density at radius 1 is 1.25 bits per heavy atom. The molecule has 0 spiro atoms. The van der Waals surface area contributed by atoms with Gasteiger partial charge in [-0.05, 0) is 20.9 Å². The van der Waals surface area contributed by atoms with Crippen molar-refractivity contribution in [3.63, 3.8) is 0 Å². The fraction of sp³-hybridized carbons (Fsp3) is 0.875. The number of hydrogen-bond acceptors (Lipinski definition) is 2. The summed E-state index contributed by atoms with van der Waals surface area (Å²) in [5.74, 6) is 0. The topological polar surface area (TPSA) is 26.8 Å². The maximum absolute atomic E-state index is 11.5. The highest BCUT2D eigenvalue weighted by Gasteiger charge is 2.38. The Morgan fingerprint density at radius 3 is 2.25 bits per heavy atom. The van der Waals surface area contributed by atoms with Crippen LogP contribution in [0.5, 0.6) is 0 Å². The largest absolute Gasteiger partial charge is 0.321 e. The molecule has 0 aromatic carbocycles. The second kappa shape index (κ2) is 2.62. The van der Waals surface area contributed by atoms with Crippen LogP contribution in [0.15, 0.2) is 0 Å². The average molecular weight is 171 g/mol. The van der Waals surface area contributed by atoms with Gasteiger partial charge in [-0.1, -0.05) is 0 Å². The molecule has 1 heterocycles. The third kappa shape index (κ3) is 1.16. The molecule has 0 aliphatic carbocycles. The number of hydrogen-bond donors (Lipinski definition) is 0. The van der Waals surface area contributed by atoms with E-state index in [0.29, 0.717) is 6.67 Å². The highest BCUT2D eigenvalue weighted by Crippen LogP contribution is 2.22. The summed E-state index contributed by atoms with van der Waals surface area (Å²) >= 11 is 0. The van der Waals surface area contributed by atoms with E-state index in [-0.39, 0.29) is 11.7 Å². The van der Waals surface area contributed by atoms with Crippen LogP contribution in [0.1, 0.15) is 13.8 Å². The number of rotatable bonds is 0. The van der Waals surface area contributed by atoms with Gasteiger partial charge in [-0.25, -0.2) is 4.79 Å². The van der Waals surface area contributed by atoms with E-state index in [1.54, 1.807) is 9.80 Å². The Labute approximate surface area is 73.7 Å². The molecule has 1 fully saturated rings. The molecular weight excluding hydrogens is 154 g/mol. The number of nitrogens with zero attached hydrogens (tertiary/aromatic N) is 3. The summed E-state index contributed by atoms with van der Waals surface area (Å²) in [6.07, 6.45) is 0. The highest BCUT2D eigenvalue weighted by molar-refractivity contribution is 5.75. The van der Waals surface area contributed by atoms with Crippen molar-refractivity contribution in [3.05, 3.63) is 0 Å². The zero-order valence-corrected chi connectivity index (χ0v) is 8.46. The zero-order valence-electron chi connectivity index (χ0n) is 8.46. The van der Waals surface area contributed by atoms with Crippen molar-refractivity contribution < 1.29 is 4.79 Å². The van der Waals surface area contributed by atoms with Crippen LogP contribution in [-0.4, -0.2) is 54.2 Å². The molecule has 0 saturated carbocycles. The predicted octanol–water partition coefficient (Wildman–Crippen LogP) is 0.609. The van der Waals surface area contributed by atoms with Crippen molar-refractivity contribution in [3.8, 4) is 0 Å². The van der Waals surface area contributed by atoms with Gasteiger partial charge in [-0.15, -0.1) is 0 Å². The molecule has 0 aromatic rings. The van der Waals surface area contributed by atoms with Crippen molar-refractivity contribution in [2.75, 3.05) is 27.8 Å². The molecule has 70 valence electrons. The van der Waals surface area contributed by atoms with Crippen molar-refractivity contribution in [2.24, 2.45) is 0 Å². The Bertz CT molecular complexity index is 202. The van der Waals surface area contributed by atoms with Crippen LogP contribution in [-0.2, 0) is 0 Å². The van der Waals surface area contributed by atoms with Gasteiger partial charge in [0.2, 0.25) is 0 Å². The smallest absolute Gasteiger partial charge is 0.315 e. The van der Waals surface area contributed by atoms with Crippen molar-refractivity contribution in [1.29, 1.82) is 0 Å². The number of urea groups is 1. The summed E-state index contributed by atoms with van der Waals surface area (Å²) in [5, 5.41) is 0. The van der Waals surface area contributed by atoms with Crippen LogP contribution >= 0.6 is 0 Å². The molecule has 0 atom stereocenters. The molecule has 0 bridgehead atoms. The lowest BCUT2D eigenvalue weighted by Gasteiger charge is -2.49. The van der Waals surface area contributed by atoms with Crippen LogP contribution in [0.2, 0.25) is 0 Å². The number of carbonyl (C=O) groups excluding carboxylic acids is 1. The first kappa shape index (κ1) is 9.32. The molecule has 1 aliphatic rings. The van der Waals surface area contributed by atoms with Gasteiger partial charge in [0.1, 0.15) is 0 Å². The fourth-order valence-corrected chi connectivity index (χ4v) is 1.30. The maximum Gasteiger partial charge on any atom is 0.321 e. The summed E-state index contributed by atoms with van der Waals surface area (Å²) in [4.78, 5) is 17.1. The van der Waals surface area contributed by atoms with Crippen LogP contribution in [0.3, 0.4) is 0 Å². The average Bonchev–Trinajstić information content (AvgIpc) is 1.99. The molecule has 1 rings (SSSR count). The summed E-state index contributed by atoms with van der Waals surface area (Å²) < 4.78 is 0. The Hall–Kier alpha value is -0.770. The molecule has 2 amide bonds. The molecule has 0 aromatic heterocycles. The second-order valence-corrected chi connectivity index (χ2v) is 3.87. The molecule has 0 unspecified atom stereocenters. The first-order valence-corrected chi connectivity index (χ1v) is 4.07. The van der Waals surface area contributed by atoms with E-state index >= 15 is 0 Å². The van der Waals surface area contributed by atoms with Gasteiger partial charge < -0.3 is 9.80 Å². The molecule has 0 N–H and O–H groups in total. The van der Waals surface area contributed by atoms with E-state index in [2.05, 4.69) is 4.90 Å². The van der Waals surface area contributed by atoms with Gasteiger partial charge in [0, 0.05) is 14.1 Å². The van der Waals surface area contributed by atoms with Crippen LogP contribution in [0.4, 0.5) is 4.79 Å². The Kier molecular flexibility index (Phi) is 2.04. The highest BCUT2D eigenvalue weighted by atomic mass is 16.2. The summed E-state index contributed by atoms with van der Waals surface area (Å²) in [6, 6.07) is 0.0816. The van der Waals surface area contributed by atoms with Crippen molar-refractivity contribution in [2.45, 2.75) is 19.5 Å². The first-order valence-electron chi connectivity index (χ1n) is 4.07. The molecular formula is C8H17N3O. The molecule has 4 nitrogen and oxygen atoms in total. The second-order valence-electron chi connectivity index (χ2n) is 3.87. The lowest BCUT2D eigenvalue weighted by Crippen LogP contribution is -2.65. The molecule has 1 saturated heterocycles. The minimum absolute atomic E-state index is 0.0816. The quantitative estimate of drug-likeness (QED) is 0.534. The summed E-state index contributed by atoms with van der Waals surface area (Å²) in [7, 11) is 5.65. The fourth-order valence-electron chi connectivity index (χ4n) is 1.30. The first-order chi connectivity index (χ1) is 5.37. The standard InChI is InChI=1S/C8H17N3O/c1-8(2)10(4)6-9(3)7(12)11(8)5/h6H2,1-5H3. The number of amides is 2. The summed E-state index contributed by atoms with van der Waals surface area (Å²) in [6.45, 7) is 4.77. The van der Waals surface area contributed by atoms with Gasteiger partial charge in [-0.3, -0.25) is 4.90 Å². The van der Waals surface area contributed by atoms with Gasteiger partial charge in [0.25, 0.3) is 0 Å². The SMILES string of the molecule is CN1CN(C)C(C)(C)N(C)C1=O. The minimum atomic E-state index is -0.177. The third-order valence-electron chi connectivity index (χ3n) is 2.79. The molecule has 1 aliphatic heterocycles. The van der Waals surface area contributed by atoms with E-state index in [4.69, 9.17) is 0 Å². The molecule has 4 heteroatoms. The molecule has 0 radical (unpaired) electrons. The minimum Gasteiger partial charge on any atom is -0.315 e. The van der Waals surface area contributed by atoms with E-state index in [9.17, 15) is 4.79 Å². The third-order valence-corrected chi connectivity index (χ3v) is 2.79. The van der Waals surface area contributed by atoms with E-state index in [1.165, 1.54) is 0 Å². The Morgan fingerprint density at radius 2 is 1.75 bits per heavy atom. The van der Waals surface area contributed by atoms with E-state index in [0.717, 1.165) is 0 Å². The van der Waals surface area contributed by atoms with E-state index in [1.807, 2.05) is 35.0 Å². The number of carbonyl (C=O) groups is 1. The van der Waals surface area contributed by atoms with E-state index < -0.39 is 0 Å². The molecule has 12 heavy (non-hydrogen) atoms. The summed E-state index contributed by atoms with van der Waals surface area (Å²) in [5.41, 5.74) is -0.177. The van der Waals surface area contributed by atoms with Gasteiger partial charge in [0.05, 0.1) is 12.3 Å². The van der Waals surface area contributed by atoms with Crippen molar-refractivity contribution >= 4 is 6.03 Å². The van der Waals surface area contributed by atoms with Gasteiger partial charge >= 0.3 is 6.03 Å². The van der Waals surface area contributed by atoms with Gasteiger partial charge in [0.15, 0.2) is 0 Å². The predicted molar refractivity (Wildman–Crippen MR) is 47.6 cm³/mol. The van der Waals surface area contributed by atoms with Crippen LogP contribution in [0, 0.1) is 0 Å². The zero-order chi connectivity index (χ0) is 9.52. The van der Waals surface area contributed by atoms with Crippen LogP contribution in [0.25, 0.3) is 0 Å². The normalized spacial score (nSPS) is 24.9. The van der Waals surface area contributed by atoms with Gasteiger partial charge in [-0.2, -0.15) is 0 Å².